The average molecular weight is 336 g/mol. The lowest BCUT2D eigenvalue weighted by Crippen LogP contribution is -2.10. The van der Waals surface area contributed by atoms with Gasteiger partial charge in [-0.3, -0.25) is 5.10 Å². The molecule has 0 aliphatic rings. The van der Waals surface area contributed by atoms with Gasteiger partial charge in [0.1, 0.15) is 5.82 Å². The average Bonchev–Trinajstić information content (AvgIpc) is 2.83. The van der Waals surface area contributed by atoms with E-state index in [9.17, 15) is 4.79 Å². The van der Waals surface area contributed by atoms with Crippen LogP contribution in [-0.4, -0.2) is 45.4 Å². The van der Waals surface area contributed by atoms with Crippen LogP contribution in [0, 0.1) is 11.7 Å². The van der Waals surface area contributed by atoms with E-state index in [0.717, 1.165) is 5.56 Å². The summed E-state index contributed by atoms with van der Waals surface area (Å²) in [7, 11) is 0. The smallest absolute Gasteiger partial charge is 0.341 e. The molecule has 0 aliphatic carbocycles. The van der Waals surface area contributed by atoms with Gasteiger partial charge in [0.15, 0.2) is 18.1 Å². The molecule has 1 aromatic heterocycles. The van der Waals surface area contributed by atoms with Crippen LogP contribution in [0.4, 0.5) is 0 Å². The molecule has 0 aliphatic heterocycles. The maximum Gasteiger partial charge on any atom is 0.341 e. The molecule has 0 bridgehead atoms. The van der Waals surface area contributed by atoms with Crippen molar-refractivity contribution in [1.82, 2.24) is 14.9 Å². The molecule has 0 fully saturated rings. The van der Waals surface area contributed by atoms with Crippen molar-refractivity contribution < 1.29 is 19.4 Å². The molecule has 2 aromatic rings. The van der Waals surface area contributed by atoms with Gasteiger partial charge < -0.3 is 14.6 Å². The molecule has 2 N–H and O–H groups in total. The maximum absolute atomic E-state index is 10.6. The largest absolute Gasteiger partial charge is 0.490 e. The van der Waals surface area contributed by atoms with Crippen LogP contribution >= 0.6 is 12.2 Å². The van der Waals surface area contributed by atoms with Gasteiger partial charge in [-0.15, -0.1) is 0 Å². The van der Waals surface area contributed by atoms with E-state index in [0.29, 0.717) is 28.7 Å². The van der Waals surface area contributed by atoms with Gasteiger partial charge in [0.05, 0.1) is 12.8 Å². The van der Waals surface area contributed by atoms with E-state index in [1.54, 1.807) is 31.3 Å². The first-order valence-corrected chi connectivity index (χ1v) is 7.22. The predicted octanol–water partition coefficient (Wildman–Crippen LogP) is 1.99. The van der Waals surface area contributed by atoms with Crippen LogP contribution in [-0.2, 0) is 4.79 Å². The number of hydrogen-bond donors (Lipinski definition) is 2. The molecule has 0 saturated heterocycles. The summed E-state index contributed by atoms with van der Waals surface area (Å²) in [6.45, 7) is 3.60. The molecule has 1 aromatic carbocycles. The van der Waals surface area contributed by atoms with E-state index in [2.05, 4.69) is 15.3 Å². The summed E-state index contributed by atoms with van der Waals surface area (Å²) >= 11 is 5.07. The van der Waals surface area contributed by atoms with E-state index in [1.165, 1.54) is 4.68 Å². The van der Waals surface area contributed by atoms with Gasteiger partial charge in [0.25, 0.3) is 0 Å². The summed E-state index contributed by atoms with van der Waals surface area (Å²) < 4.78 is 12.5. The number of aromatic nitrogens is 3. The topological polar surface area (TPSA) is 102 Å². The van der Waals surface area contributed by atoms with Crippen LogP contribution in [0.3, 0.4) is 0 Å². The molecule has 0 spiro atoms. The Labute approximate surface area is 137 Å². The van der Waals surface area contributed by atoms with Crippen LogP contribution in [0.15, 0.2) is 23.3 Å². The lowest BCUT2D eigenvalue weighted by atomic mass is 10.2. The monoisotopic (exact) mass is 336 g/mol. The van der Waals surface area contributed by atoms with Gasteiger partial charge in [-0.25, -0.2) is 4.79 Å². The van der Waals surface area contributed by atoms with Crippen molar-refractivity contribution in [2.24, 2.45) is 5.10 Å². The number of aliphatic carboxylic acids is 1. The zero-order valence-corrected chi connectivity index (χ0v) is 13.5. The summed E-state index contributed by atoms with van der Waals surface area (Å²) in [5, 5.41) is 19.5. The normalized spacial score (nSPS) is 10.9. The third kappa shape index (κ3) is 4.39. The number of aryl methyl sites for hydroxylation is 1. The van der Waals surface area contributed by atoms with E-state index in [1.807, 2.05) is 6.92 Å². The Balaban J connectivity index is 2.24. The molecule has 2 rings (SSSR count). The fraction of sp³-hybridized carbons (Fsp3) is 0.286. The Hall–Kier alpha value is -2.68. The quantitative estimate of drug-likeness (QED) is 0.592. The number of hydrogen-bond acceptors (Lipinski definition) is 6. The van der Waals surface area contributed by atoms with E-state index in [-0.39, 0.29) is 0 Å². The third-order valence-electron chi connectivity index (χ3n) is 2.75. The number of benzene rings is 1. The number of H-pyrrole nitrogens is 1. The van der Waals surface area contributed by atoms with Crippen molar-refractivity contribution in [3.05, 3.63) is 34.4 Å². The number of carboxylic acid groups (broad SMARTS) is 1. The molecular weight excluding hydrogens is 320 g/mol. The van der Waals surface area contributed by atoms with Gasteiger partial charge in [0, 0.05) is 0 Å². The Morgan fingerprint density at radius 3 is 2.87 bits per heavy atom. The van der Waals surface area contributed by atoms with Crippen molar-refractivity contribution >= 4 is 24.4 Å². The summed E-state index contributed by atoms with van der Waals surface area (Å²) in [4.78, 5) is 10.6. The lowest BCUT2D eigenvalue weighted by Gasteiger charge is -2.11. The zero-order chi connectivity index (χ0) is 16.8. The number of aromatic amines is 1. The second kappa shape index (κ2) is 7.54. The number of nitrogens with zero attached hydrogens (tertiary/aromatic N) is 3. The summed E-state index contributed by atoms with van der Waals surface area (Å²) in [6, 6.07) is 5.09. The van der Waals surface area contributed by atoms with Gasteiger partial charge >= 0.3 is 5.97 Å². The molecule has 9 heteroatoms. The maximum atomic E-state index is 10.6. The van der Waals surface area contributed by atoms with Crippen molar-refractivity contribution in [3.63, 3.8) is 0 Å². The minimum absolute atomic E-state index is 0.363. The lowest BCUT2D eigenvalue weighted by molar-refractivity contribution is -0.139. The molecule has 0 atom stereocenters. The first-order valence-electron chi connectivity index (χ1n) is 6.81. The molecule has 0 unspecified atom stereocenters. The fourth-order valence-corrected chi connectivity index (χ4v) is 1.99. The highest BCUT2D eigenvalue weighted by Crippen LogP contribution is 2.28. The van der Waals surface area contributed by atoms with Gasteiger partial charge in [-0.05, 0) is 49.8 Å². The molecule has 0 amide bonds. The first kappa shape index (κ1) is 16.7. The highest BCUT2D eigenvalue weighted by molar-refractivity contribution is 7.71. The van der Waals surface area contributed by atoms with Crippen molar-refractivity contribution in [1.29, 1.82) is 0 Å². The van der Waals surface area contributed by atoms with Gasteiger partial charge in [-0.1, -0.05) is 0 Å². The molecule has 122 valence electrons. The Kier molecular flexibility index (Phi) is 5.47. The van der Waals surface area contributed by atoms with E-state index in [4.69, 9.17) is 26.8 Å². The zero-order valence-electron chi connectivity index (χ0n) is 12.6. The van der Waals surface area contributed by atoms with Crippen molar-refractivity contribution in [2.45, 2.75) is 13.8 Å². The van der Waals surface area contributed by atoms with E-state index < -0.39 is 12.6 Å². The molecule has 0 radical (unpaired) electrons. The Bertz CT molecular complexity index is 781. The van der Waals surface area contributed by atoms with Crippen molar-refractivity contribution in [2.75, 3.05) is 13.2 Å². The number of rotatable bonds is 7. The van der Waals surface area contributed by atoms with E-state index >= 15 is 0 Å². The second-order valence-corrected chi connectivity index (χ2v) is 4.84. The SMILES string of the molecule is CCOc1cc(/C=N\n2c(C)n[nH]c2=S)ccc1OCC(=O)O. The van der Waals surface area contributed by atoms with Crippen LogP contribution in [0.2, 0.25) is 0 Å². The Morgan fingerprint density at radius 1 is 1.48 bits per heavy atom. The van der Waals surface area contributed by atoms with Gasteiger partial charge in [-0.2, -0.15) is 14.9 Å². The Morgan fingerprint density at radius 2 is 2.26 bits per heavy atom. The highest BCUT2D eigenvalue weighted by atomic mass is 32.1. The molecule has 1 heterocycles. The van der Waals surface area contributed by atoms with Crippen LogP contribution in [0.25, 0.3) is 0 Å². The summed E-state index contributed by atoms with van der Waals surface area (Å²) in [5.74, 6) is 0.397. The molecule has 0 saturated carbocycles. The highest BCUT2D eigenvalue weighted by Gasteiger charge is 2.08. The standard InChI is InChI=1S/C14H16N4O4S/c1-3-21-12-6-10(4-5-11(12)22-8-13(19)20)7-15-18-9(2)16-17-14(18)23/h4-7H,3,8H2,1-2H3,(H,17,23)(H,19,20)/b15-7-. The van der Waals surface area contributed by atoms with Crippen molar-refractivity contribution in [3.8, 4) is 11.5 Å². The van der Waals surface area contributed by atoms with Gasteiger partial charge in [0.2, 0.25) is 4.77 Å². The fourth-order valence-electron chi connectivity index (χ4n) is 1.76. The number of ether oxygens (including phenoxy) is 2. The minimum atomic E-state index is -1.05. The third-order valence-corrected chi connectivity index (χ3v) is 3.02. The van der Waals surface area contributed by atoms with Crippen LogP contribution in [0.1, 0.15) is 18.3 Å². The molecule has 23 heavy (non-hydrogen) atoms. The molecule has 8 nitrogen and oxygen atoms in total. The number of carbonyl (C=O) groups is 1. The minimum Gasteiger partial charge on any atom is -0.490 e. The molecular formula is C14H16N4O4S. The summed E-state index contributed by atoms with van der Waals surface area (Å²) in [6.07, 6.45) is 1.60. The first-order chi connectivity index (χ1) is 11.0. The van der Waals surface area contributed by atoms with Crippen LogP contribution in [0.5, 0.6) is 11.5 Å². The summed E-state index contributed by atoms with van der Waals surface area (Å²) in [5.41, 5.74) is 0.749. The number of carboxylic acids is 1. The second-order valence-electron chi connectivity index (χ2n) is 4.45. The van der Waals surface area contributed by atoms with Crippen LogP contribution < -0.4 is 9.47 Å². The number of nitrogens with one attached hydrogen (secondary N) is 1. The predicted molar refractivity (Wildman–Crippen MR) is 85.9 cm³/mol.